The summed E-state index contributed by atoms with van der Waals surface area (Å²) in [6.07, 6.45) is 0. The summed E-state index contributed by atoms with van der Waals surface area (Å²) in [7, 11) is 1.48. The lowest BCUT2D eigenvalue weighted by molar-refractivity contribution is -0.115. The zero-order valence-corrected chi connectivity index (χ0v) is 17.3. The van der Waals surface area contributed by atoms with Crippen LogP contribution in [-0.4, -0.2) is 24.7 Å². The fourth-order valence-corrected chi connectivity index (χ4v) is 4.64. The molecule has 0 spiro atoms. The van der Waals surface area contributed by atoms with E-state index in [9.17, 15) is 18.4 Å². The second kappa shape index (κ2) is 8.77. The molecule has 4 rings (SSSR count). The Hall–Kier alpha value is -3.39. The van der Waals surface area contributed by atoms with Crippen LogP contribution in [0.5, 0.6) is 5.75 Å². The Balaban J connectivity index is 1.70. The maximum absolute atomic E-state index is 14.4. The van der Waals surface area contributed by atoms with Crippen LogP contribution in [0.15, 0.2) is 66.7 Å². The van der Waals surface area contributed by atoms with E-state index in [0.717, 1.165) is 18.2 Å². The maximum atomic E-state index is 14.4. The van der Waals surface area contributed by atoms with Gasteiger partial charge in [-0.25, -0.2) is 8.78 Å². The number of para-hydroxylation sites is 2. The lowest BCUT2D eigenvalue weighted by Gasteiger charge is -2.26. The van der Waals surface area contributed by atoms with Gasteiger partial charge in [0.1, 0.15) is 22.8 Å². The molecule has 1 atom stereocenters. The third-order valence-corrected chi connectivity index (χ3v) is 6.06. The van der Waals surface area contributed by atoms with Crippen LogP contribution in [0.3, 0.4) is 0 Å². The quantitative estimate of drug-likeness (QED) is 0.606. The van der Waals surface area contributed by atoms with Crippen molar-refractivity contribution in [3.05, 3.63) is 89.5 Å². The third kappa shape index (κ3) is 4.11. The lowest BCUT2D eigenvalue weighted by atomic mass is 10.1. The van der Waals surface area contributed by atoms with Gasteiger partial charge in [-0.1, -0.05) is 30.3 Å². The summed E-state index contributed by atoms with van der Waals surface area (Å²) in [5.74, 6) is -1.54. The Bertz CT molecular complexity index is 1160. The molecule has 0 saturated carbocycles. The highest BCUT2D eigenvalue weighted by molar-refractivity contribution is 8.00. The smallest absolute Gasteiger partial charge is 0.259 e. The number of nitrogens with one attached hydrogen (secondary N) is 1. The fraction of sp³-hybridized carbons (Fsp3) is 0.130. The van der Waals surface area contributed by atoms with Gasteiger partial charge in [-0.2, -0.15) is 0 Å². The number of hydrogen-bond donors (Lipinski definition) is 1. The average molecular weight is 440 g/mol. The number of hydrogen-bond acceptors (Lipinski definition) is 4. The normalized spacial score (nSPS) is 15.8. The van der Waals surface area contributed by atoms with Crippen molar-refractivity contribution in [2.45, 2.75) is 5.37 Å². The first-order chi connectivity index (χ1) is 15.0. The van der Waals surface area contributed by atoms with Crippen LogP contribution in [0.1, 0.15) is 21.3 Å². The van der Waals surface area contributed by atoms with E-state index in [1.807, 2.05) is 0 Å². The van der Waals surface area contributed by atoms with E-state index in [4.69, 9.17) is 4.74 Å². The van der Waals surface area contributed by atoms with Gasteiger partial charge in [-0.3, -0.25) is 14.5 Å². The zero-order chi connectivity index (χ0) is 22.0. The molecule has 31 heavy (non-hydrogen) atoms. The van der Waals surface area contributed by atoms with Crippen molar-refractivity contribution in [3.63, 3.8) is 0 Å². The molecule has 1 saturated heterocycles. The summed E-state index contributed by atoms with van der Waals surface area (Å²) in [5, 5.41) is 2.23. The topological polar surface area (TPSA) is 58.6 Å². The molecule has 0 bridgehead atoms. The first-order valence-corrected chi connectivity index (χ1v) is 10.5. The van der Waals surface area contributed by atoms with Gasteiger partial charge in [0.15, 0.2) is 0 Å². The molecule has 3 aromatic rings. The number of methoxy groups -OCH3 is 1. The molecular formula is C23H18F2N2O3S. The SMILES string of the molecule is COc1ccccc1C(=O)Nc1ccccc1C1SCC(=O)N1c1cc(F)ccc1F. The van der Waals surface area contributed by atoms with E-state index < -0.39 is 17.0 Å². The van der Waals surface area contributed by atoms with E-state index in [2.05, 4.69) is 5.32 Å². The number of halogens is 2. The second-order valence-electron chi connectivity index (χ2n) is 6.76. The molecule has 158 valence electrons. The van der Waals surface area contributed by atoms with Gasteiger partial charge < -0.3 is 10.1 Å². The minimum Gasteiger partial charge on any atom is -0.496 e. The Morgan fingerprint density at radius 1 is 1.10 bits per heavy atom. The van der Waals surface area contributed by atoms with Gasteiger partial charge in [0.2, 0.25) is 5.91 Å². The number of nitrogens with zero attached hydrogens (tertiary/aromatic N) is 1. The second-order valence-corrected chi connectivity index (χ2v) is 7.83. The molecule has 1 unspecified atom stereocenters. The van der Waals surface area contributed by atoms with E-state index in [-0.39, 0.29) is 23.3 Å². The Morgan fingerprint density at radius 3 is 2.65 bits per heavy atom. The number of ether oxygens (including phenoxy) is 1. The molecule has 1 aliphatic heterocycles. The molecule has 5 nitrogen and oxygen atoms in total. The van der Waals surface area contributed by atoms with E-state index in [0.29, 0.717) is 22.6 Å². The van der Waals surface area contributed by atoms with Crippen LogP contribution in [0.4, 0.5) is 20.2 Å². The van der Waals surface area contributed by atoms with Crippen LogP contribution in [0, 0.1) is 11.6 Å². The van der Waals surface area contributed by atoms with Gasteiger partial charge in [0, 0.05) is 17.3 Å². The van der Waals surface area contributed by atoms with Gasteiger partial charge in [0.05, 0.1) is 24.1 Å². The molecule has 0 aliphatic carbocycles. The van der Waals surface area contributed by atoms with Crippen LogP contribution in [-0.2, 0) is 4.79 Å². The minimum absolute atomic E-state index is 0.107. The van der Waals surface area contributed by atoms with Gasteiger partial charge >= 0.3 is 0 Å². The van der Waals surface area contributed by atoms with Crippen molar-refractivity contribution < 1.29 is 23.1 Å². The maximum Gasteiger partial charge on any atom is 0.259 e. The van der Waals surface area contributed by atoms with Crippen molar-refractivity contribution in [1.82, 2.24) is 0 Å². The largest absolute Gasteiger partial charge is 0.496 e. The van der Waals surface area contributed by atoms with Crippen molar-refractivity contribution in [2.75, 3.05) is 23.1 Å². The molecule has 0 aromatic heterocycles. The third-order valence-electron chi connectivity index (χ3n) is 4.86. The highest BCUT2D eigenvalue weighted by atomic mass is 32.2. The number of rotatable bonds is 5. The highest BCUT2D eigenvalue weighted by Crippen LogP contribution is 2.45. The molecule has 1 N–H and O–H groups in total. The Kier molecular flexibility index (Phi) is 5.90. The number of thioether (sulfide) groups is 1. The number of anilines is 2. The summed E-state index contributed by atoms with van der Waals surface area (Å²) in [6, 6.07) is 16.8. The highest BCUT2D eigenvalue weighted by Gasteiger charge is 2.37. The minimum atomic E-state index is -0.696. The molecule has 3 aromatic carbocycles. The predicted octanol–water partition coefficient (Wildman–Crippen LogP) is 5.00. The molecule has 1 aliphatic rings. The Morgan fingerprint density at radius 2 is 1.84 bits per heavy atom. The van der Waals surface area contributed by atoms with Crippen LogP contribution in [0.25, 0.3) is 0 Å². The molecule has 2 amide bonds. The number of benzene rings is 3. The van der Waals surface area contributed by atoms with Gasteiger partial charge in [-0.05, 0) is 30.3 Å². The molecule has 0 radical (unpaired) electrons. The van der Waals surface area contributed by atoms with Crippen LogP contribution in [0.2, 0.25) is 0 Å². The summed E-state index contributed by atoms with van der Waals surface area (Å²) in [5.41, 5.74) is 1.28. The summed E-state index contributed by atoms with van der Waals surface area (Å²) >= 11 is 1.28. The van der Waals surface area contributed by atoms with Gasteiger partial charge in [0.25, 0.3) is 5.91 Å². The average Bonchev–Trinajstić information content (AvgIpc) is 3.16. The van der Waals surface area contributed by atoms with Crippen molar-refractivity contribution >= 4 is 35.0 Å². The Labute approximate surface area is 182 Å². The zero-order valence-electron chi connectivity index (χ0n) is 16.5. The monoisotopic (exact) mass is 440 g/mol. The molecule has 1 fully saturated rings. The van der Waals surface area contributed by atoms with Crippen LogP contribution >= 0.6 is 11.8 Å². The van der Waals surface area contributed by atoms with Gasteiger partial charge in [-0.15, -0.1) is 11.8 Å². The molecular weight excluding hydrogens is 422 g/mol. The number of carbonyl (C=O) groups excluding carboxylic acids is 2. The van der Waals surface area contributed by atoms with E-state index in [1.54, 1.807) is 48.5 Å². The van der Waals surface area contributed by atoms with Crippen LogP contribution < -0.4 is 15.0 Å². The van der Waals surface area contributed by atoms with Crippen molar-refractivity contribution in [3.8, 4) is 5.75 Å². The summed E-state index contributed by atoms with van der Waals surface area (Å²) < 4.78 is 33.5. The van der Waals surface area contributed by atoms with E-state index in [1.165, 1.54) is 23.8 Å². The predicted molar refractivity (Wildman–Crippen MR) is 116 cm³/mol. The summed E-state index contributed by atoms with van der Waals surface area (Å²) in [4.78, 5) is 26.7. The number of carbonyl (C=O) groups is 2. The van der Waals surface area contributed by atoms with Crippen molar-refractivity contribution in [1.29, 1.82) is 0 Å². The number of amides is 2. The molecule has 1 heterocycles. The molecule has 8 heteroatoms. The first-order valence-electron chi connectivity index (χ1n) is 9.41. The fourth-order valence-electron chi connectivity index (χ4n) is 3.43. The first kappa shape index (κ1) is 20.9. The van der Waals surface area contributed by atoms with Crippen molar-refractivity contribution in [2.24, 2.45) is 0 Å². The summed E-state index contributed by atoms with van der Waals surface area (Å²) in [6.45, 7) is 0. The lowest BCUT2D eigenvalue weighted by Crippen LogP contribution is -2.29. The van der Waals surface area contributed by atoms with E-state index >= 15 is 0 Å². The standard InChI is InChI=1S/C23H18F2N2O3S/c1-30-20-9-5-3-7-16(20)22(29)26-18-8-4-2-6-15(18)23-27(21(28)13-31-23)19-12-14(24)10-11-17(19)25/h2-12,23H,13H2,1H3,(H,26,29).